The molecule has 0 radical (unpaired) electrons. The number of carbonyl (C=O) groups is 3. The lowest BCUT2D eigenvalue weighted by molar-refractivity contribution is -0.141. The molecule has 4 bridgehead atoms. The van der Waals surface area contributed by atoms with Gasteiger partial charge in [-0.15, -0.1) is 0 Å². The van der Waals surface area contributed by atoms with E-state index in [-0.39, 0.29) is 25.0 Å². The summed E-state index contributed by atoms with van der Waals surface area (Å²) in [7, 11) is 3.25. The molecule has 3 amide bonds. The van der Waals surface area contributed by atoms with Crippen LogP contribution < -0.4 is 15.8 Å². The van der Waals surface area contributed by atoms with Gasteiger partial charge in [-0.3, -0.25) is 9.59 Å². The molecule has 2 aromatic carbocycles. The second kappa shape index (κ2) is 12.6. The van der Waals surface area contributed by atoms with Crippen molar-refractivity contribution in [1.29, 1.82) is 0 Å². The van der Waals surface area contributed by atoms with Crippen molar-refractivity contribution in [1.82, 2.24) is 10.2 Å². The van der Waals surface area contributed by atoms with E-state index in [0.29, 0.717) is 6.42 Å². The third-order valence-electron chi connectivity index (χ3n) is 9.05. The molecule has 5 rings (SSSR count). The fourth-order valence-electron chi connectivity index (χ4n) is 6.25. The minimum absolute atomic E-state index is 0.0607. The van der Waals surface area contributed by atoms with Gasteiger partial charge in [0.1, 0.15) is 23.4 Å². The number of primary amides is 1. The summed E-state index contributed by atoms with van der Waals surface area (Å²) in [5.74, 6) is -0.215. The molecule has 3 N–H and O–H groups in total. The molecule has 0 aliphatic carbocycles. The molecule has 1 saturated heterocycles. The van der Waals surface area contributed by atoms with E-state index in [2.05, 4.69) is 43.4 Å². The number of hydrogen-bond acceptors (Lipinski definition) is 6. The molecule has 3 aliphatic heterocycles. The summed E-state index contributed by atoms with van der Waals surface area (Å²) in [5.41, 5.74) is 8.38. The summed E-state index contributed by atoms with van der Waals surface area (Å²) in [6.07, 6.45) is 2.97. The van der Waals surface area contributed by atoms with Crippen molar-refractivity contribution in [3.05, 3.63) is 53.6 Å². The molecule has 43 heavy (non-hydrogen) atoms. The zero-order valence-corrected chi connectivity index (χ0v) is 26.6. The number of methoxy groups -OCH3 is 2. The van der Waals surface area contributed by atoms with Crippen molar-refractivity contribution in [2.75, 3.05) is 27.4 Å². The number of nitrogens with one attached hydrogen (secondary N) is 1. The molecule has 0 aromatic heterocycles. The van der Waals surface area contributed by atoms with Crippen molar-refractivity contribution >= 4 is 17.9 Å². The van der Waals surface area contributed by atoms with E-state index in [9.17, 15) is 14.4 Å². The summed E-state index contributed by atoms with van der Waals surface area (Å²) in [6, 6.07) is 12.4. The fraction of sp³-hybridized carbons (Fsp3) is 0.559. The first kappa shape index (κ1) is 32.3. The van der Waals surface area contributed by atoms with Crippen LogP contribution in [0, 0.1) is 10.8 Å². The van der Waals surface area contributed by atoms with Gasteiger partial charge in [0.15, 0.2) is 0 Å². The van der Waals surface area contributed by atoms with Crippen molar-refractivity contribution in [2.45, 2.75) is 84.4 Å². The number of nitrogens with zero attached hydrogens (tertiary/aromatic N) is 1. The van der Waals surface area contributed by atoms with Crippen LogP contribution in [0.4, 0.5) is 4.79 Å². The van der Waals surface area contributed by atoms with Gasteiger partial charge in [0.25, 0.3) is 0 Å². The number of ether oxygens (including phenoxy) is 3. The number of rotatable bonds is 3. The Hall–Kier alpha value is -3.59. The van der Waals surface area contributed by atoms with Crippen LogP contribution >= 0.6 is 0 Å². The predicted molar refractivity (Wildman–Crippen MR) is 165 cm³/mol. The molecule has 9 nitrogen and oxygen atoms in total. The summed E-state index contributed by atoms with van der Waals surface area (Å²) in [6.45, 7) is 10.3. The first-order valence-corrected chi connectivity index (χ1v) is 15.1. The van der Waals surface area contributed by atoms with Crippen LogP contribution in [0.3, 0.4) is 0 Å². The first-order chi connectivity index (χ1) is 20.2. The topological polar surface area (TPSA) is 120 Å². The standard InChI is InChI=1S/C34H47N3O6/c1-32(2,3)28-30(39)37-21-34(42-7,20-27(37)29(35)38)24-12-10-22(11-13-24)26-15-14-25(41-6)19-23(26)9-8-16-33(4,5)17-18-43-31(40)36-28/h10-15,19,27-28H,8-9,16-18,20-21H2,1-7H3,(H2,35,38)(H,36,40)/t27-,28+,34-/m0/s1. The quantitative estimate of drug-likeness (QED) is 0.506. The maximum atomic E-state index is 14.1. The Morgan fingerprint density at radius 2 is 1.77 bits per heavy atom. The smallest absolute Gasteiger partial charge is 0.407 e. The van der Waals surface area contributed by atoms with E-state index in [0.717, 1.165) is 41.7 Å². The average molecular weight is 594 g/mol. The lowest BCUT2D eigenvalue weighted by Gasteiger charge is -2.35. The van der Waals surface area contributed by atoms with E-state index in [1.807, 2.05) is 39.0 Å². The highest BCUT2D eigenvalue weighted by atomic mass is 16.5. The number of alkyl carbamates (subject to hydrolysis) is 1. The highest BCUT2D eigenvalue weighted by Crippen LogP contribution is 2.41. The number of carbonyl (C=O) groups excluding carboxylic acids is 3. The number of hydrogen-bond donors (Lipinski definition) is 2. The molecular weight excluding hydrogens is 546 g/mol. The maximum absolute atomic E-state index is 14.1. The van der Waals surface area contributed by atoms with Crippen molar-refractivity contribution < 1.29 is 28.6 Å². The van der Waals surface area contributed by atoms with Crippen molar-refractivity contribution in [3.8, 4) is 16.9 Å². The first-order valence-electron chi connectivity index (χ1n) is 15.1. The normalized spacial score (nSPS) is 25.0. The van der Waals surface area contributed by atoms with Crippen LogP contribution in [-0.2, 0) is 31.1 Å². The van der Waals surface area contributed by atoms with Gasteiger partial charge in [-0.25, -0.2) is 4.79 Å². The second-order valence-corrected chi connectivity index (χ2v) is 13.7. The van der Waals surface area contributed by atoms with E-state index < -0.39 is 41.0 Å². The second-order valence-electron chi connectivity index (χ2n) is 13.7. The monoisotopic (exact) mass is 593 g/mol. The maximum Gasteiger partial charge on any atom is 0.407 e. The Labute approximate surface area is 255 Å². The summed E-state index contributed by atoms with van der Waals surface area (Å²) >= 11 is 0. The van der Waals surface area contributed by atoms with E-state index in [4.69, 9.17) is 19.9 Å². The molecule has 3 aliphatic rings. The number of nitrogens with two attached hydrogens (primary N) is 1. The lowest BCUT2D eigenvalue weighted by Crippen LogP contribution is -2.57. The van der Waals surface area contributed by atoms with E-state index >= 15 is 0 Å². The Balaban J connectivity index is 1.79. The van der Waals surface area contributed by atoms with Gasteiger partial charge in [0.05, 0.1) is 20.3 Å². The Morgan fingerprint density at radius 3 is 2.37 bits per heavy atom. The Bertz CT molecular complexity index is 1330. The number of amides is 3. The van der Waals surface area contributed by atoms with Gasteiger partial charge in [0, 0.05) is 13.5 Å². The van der Waals surface area contributed by atoms with Crippen LogP contribution in [0.5, 0.6) is 5.75 Å². The molecule has 1 fully saturated rings. The molecule has 234 valence electrons. The molecule has 0 spiro atoms. The zero-order valence-electron chi connectivity index (χ0n) is 26.6. The number of aryl methyl sites for hydroxylation is 1. The zero-order chi connectivity index (χ0) is 31.6. The van der Waals surface area contributed by atoms with Gasteiger partial charge < -0.3 is 30.2 Å². The summed E-state index contributed by atoms with van der Waals surface area (Å²) < 4.78 is 17.2. The largest absolute Gasteiger partial charge is 0.497 e. The SMILES string of the molecule is COc1ccc2c(c1)CCCC(C)(C)CCOC(=O)N[C@@H](C(C)(C)C)C(=O)N1C[C@@](OC)(C[C@H]1C(N)=O)c1ccc-2cc1. The van der Waals surface area contributed by atoms with Crippen LogP contribution in [0.2, 0.25) is 0 Å². The van der Waals surface area contributed by atoms with Gasteiger partial charge in [-0.2, -0.15) is 0 Å². The summed E-state index contributed by atoms with van der Waals surface area (Å²) in [4.78, 5) is 41.2. The van der Waals surface area contributed by atoms with Gasteiger partial charge in [-0.1, -0.05) is 65.0 Å². The number of benzene rings is 2. The van der Waals surface area contributed by atoms with Crippen molar-refractivity contribution in [2.24, 2.45) is 16.6 Å². The molecule has 9 heteroatoms. The molecule has 3 heterocycles. The Morgan fingerprint density at radius 1 is 1.07 bits per heavy atom. The third kappa shape index (κ3) is 7.15. The number of fused-ring (bicyclic) bond motifs is 12. The van der Waals surface area contributed by atoms with Gasteiger partial charge in [0.2, 0.25) is 11.8 Å². The van der Waals surface area contributed by atoms with Crippen molar-refractivity contribution in [3.63, 3.8) is 0 Å². The Kier molecular flexibility index (Phi) is 9.45. The third-order valence-corrected chi connectivity index (χ3v) is 9.05. The minimum Gasteiger partial charge on any atom is -0.497 e. The average Bonchev–Trinajstić information content (AvgIpc) is 3.36. The van der Waals surface area contributed by atoms with Crippen LogP contribution in [-0.4, -0.2) is 62.3 Å². The van der Waals surface area contributed by atoms with Gasteiger partial charge >= 0.3 is 6.09 Å². The van der Waals surface area contributed by atoms with Crippen LogP contribution in [0.15, 0.2) is 42.5 Å². The molecular formula is C34H47N3O6. The van der Waals surface area contributed by atoms with E-state index in [1.165, 1.54) is 10.5 Å². The highest BCUT2D eigenvalue weighted by molar-refractivity contribution is 5.92. The van der Waals surface area contributed by atoms with E-state index in [1.54, 1.807) is 14.2 Å². The molecule has 0 saturated carbocycles. The molecule has 2 aromatic rings. The fourth-order valence-corrected chi connectivity index (χ4v) is 6.25. The van der Waals surface area contributed by atoms with Crippen LogP contribution in [0.1, 0.15) is 71.4 Å². The predicted octanol–water partition coefficient (Wildman–Crippen LogP) is 5.18. The molecule has 3 atom stereocenters. The molecule has 0 unspecified atom stereocenters. The minimum atomic E-state index is -0.952. The lowest BCUT2D eigenvalue weighted by atomic mass is 9.83. The van der Waals surface area contributed by atoms with Gasteiger partial charge in [-0.05, 0) is 70.9 Å². The summed E-state index contributed by atoms with van der Waals surface area (Å²) in [5, 5.41) is 2.79. The van der Waals surface area contributed by atoms with Crippen LogP contribution in [0.25, 0.3) is 11.1 Å². The highest BCUT2D eigenvalue weighted by Gasteiger charge is 2.52.